The van der Waals surface area contributed by atoms with Crippen LogP contribution in [0.2, 0.25) is 0 Å². The number of carbonyl (C=O) groups excluding carboxylic acids is 3. The van der Waals surface area contributed by atoms with Gasteiger partial charge in [0.05, 0.1) is 6.61 Å². The van der Waals surface area contributed by atoms with Gasteiger partial charge in [0.25, 0.3) is 0 Å². The maximum absolute atomic E-state index is 12.0. The molecule has 19 heavy (non-hydrogen) atoms. The Hall–Kier alpha value is -1.19. The molecule has 0 N–H and O–H groups in total. The van der Waals surface area contributed by atoms with E-state index < -0.39 is 17.8 Å². The molecule has 0 aromatic heterocycles. The minimum absolute atomic E-state index is 0.102. The minimum Gasteiger partial charge on any atom is -0.465 e. The van der Waals surface area contributed by atoms with Gasteiger partial charge < -0.3 is 4.74 Å². The third kappa shape index (κ3) is 7.09. The Labute approximate surface area is 115 Å². The Morgan fingerprint density at radius 1 is 1.05 bits per heavy atom. The van der Waals surface area contributed by atoms with E-state index in [0.717, 1.165) is 19.3 Å². The Balaban J connectivity index is 4.18. The van der Waals surface area contributed by atoms with E-state index in [4.69, 9.17) is 4.74 Å². The lowest BCUT2D eigenvalue weighted by Crippen LogP contribution is -2.29. The number of hydrogen-bond donors (Lipinski definition) is 0. The topological polar surface area (TPSA) is 60.4 Å². The zero-order valence-corrected chi connectivity index (χ0v) is 12.5. The number of hydrogen-bond acceptors (Lipinski definition) is 4. The highest BCUT2D eigenvalue weighted by Gasteiger charge is 2.28. The molecular formula is C15H26O4. The molecule has 0 unspecified atom stereocenters. The molecule has 0 aliphatic carbocycles. The highest BCUT2D eigenvalue weighted by Crippen LogP contribution is 2.15. The summed E-state index contributed by atoms with van der Waals surface area (Å²) in [6.07, 6.45) is 3.74. The largest absolute Gasteiger partial charge is 0.465 e. The summed E-state index contributed by atoms with van der Waals surface area (Å²) in [7, 11) is 0. The molecule has 0 aromatic rings. The maximum Gasteiger partial charge on any atom is 0.316 e. The molecule has 0 heterocycles. The molecule has 0 bridgehead atoms. The predicted octanol–water partition coefficient (Wildman–Crippen LogP) is 2.93. The van der Waals surface area contributed by atoms with Gasteiger partial charge in [-0.15, -0.1) is 0 Å². The van der Waals surface area contributed by atoms with Crippen molar-refractivity contribution in [1.82, 2.24) is 0 Å². The standard InChI is InChI=1S/C15H26O4/c1-5-7-8-9-13(16)10-11(3)14(17)12(4)15(18)19-6-2/h11-12H,5-10H2,1-4H3/t11-,12-/m0/s1. The first-order chi connectivity index (χ1) is 8.93. The average molecular weight is 270 g/mol. The second-order valence-electron chi connectivity index (χ2n) is 4.98. The summed E-state index contributed by atoms with van der Waals surface area (Å²) < 4.78 is 4.81. The zero-order valence-electron chi connectivity index (χ0n) is 12.5. The van der Waals surface area contributed by atoms with Crippen molar-refractivity contribution in [1.29, 1.82) is 0 Å². The highest BCUT2D eigenvalue weighted by molar-refractivity contribution is 6.01. The van der Waals surface area contributed by atoms with Crippen molar-refractivity contribution in [3.8, 4) is 0 Å². The van der Waals surface area contributed by atoms with Crippen LogP contribution in [-0.2, 0) is 19.1 Å². The lowest BCUT2D eigenvalue weighted by atomic mass is 9.90. The minimum atomic E-state index is -0.779. The summed E-state index contributed by atoms with van der Waals surface area (Å²) in [5.41, 5.74) is 0. The summed E-state index contributed by atoms with van der Waals surface area (Å²) in [6, 6.07) is 0. The van der Waals surface area contributed by atoms with Gasteiger partial charge in [0, 0.05) is 18.8 Å². The first-order valence-electron chi connectivity index (χ1n) is 7.16. The summed E-state index contributed by atoms with van der Waals surface area (Å²) in [5.74, 6) is -1.79. The van der Waals surface area contributed by atoms with Crippen molar-refractivity contribution < 1.29 is 19.1 Å². The third-order valence-corrected chi connectivity index (χ3v) is 3.15. The lowest BCUT2D eigenvalue weighted by molar-refractivity contribution is -0.152. The maximum atomic E-state index is 12.0. The molecular weight excluding hydrogens is 244 g/mol. The molecule has 4 heteroatoms. The number of rotatable bonds is 10. The fraction of sp³-hybridized carbons (Fsp3) is 0.800. The van der Waals surface area contributed by atoms with Crippen LogP contribution in [0.5, 0.6) is 0 Å². The Morgan fingerprint density at radius 3 is 2.21 bits per heavy atom. The smallest absolute Gasteiger partial charge is 0.316 e. The number of ketones is 2. The van der Waals surface area contributed by atoms with E-state index in [9.17, 15) is 14.4 Å². The van der Waals surface area contributed by atoms with Gasteiger partial charge in [-0.2, -0.15) is 0 Å². The molecule has 0 radical (unpaired) electrons. The van der Waals surface area contributed by atoms with Crippen molar-refractivity contribution in [3.63, 3.8) is 0 Å². The Bertz CT molecular complexity index is 309. The highest BCUT2D eigenvalue weighted by atomic mass is 16.5. The van der Waals surface area contributed by atoms with Crippen LogP contribution in [0.4, 0.5) is 0 Å². The van der Waals surface area contributed by atoms with Crippen LogP contribution >= 0.6 is 0 Å². The molecule has 0 saturated carbocycles. The number of esters is 1. The van der Waals surface area contributed by atoms with Crippen LogP contribution < -0.4 is 0 Å². The number of Topliss-reactive ketones (excluding diaryl/α,β-unsaturated/α-hetero) is 2. The summed E-state index contributed by atoms with van der Waals surface area (Å²) in [6.45, 7) is 7.29. The van der Waals surface area contributed by atoms with E-state index in [0.29, 0.717) is 6.42 Å². The van der Waals surface area contributed by atoms with Gasteiger partial charge in [0.1, 0.15) is 17.5 Å². The van der Waals surface area contributed by atoms with E-state index in [1.165, 1.54) is 0 Å². The molecule has 0 amide bonds. The number of carbonyl (C=O) groups is 3. The van der Waals surface area contributed by atoms with Gasteiger partial charge in [0.2, 0.25) is 0 Å². The van der Waals surface area contributed by atoms with Crippen molar-refractivity contribution in [2.45, 2.75) is 59.8 Å². The summed E-state index contributed by atoms with van der Waals surface area (Å²) in [5, 5.41) is 0. The molecule has 110 valence electrons. The number of ether oxygens (including phenoxy) is 1. The normalized spacial score (nSPS) is 13.7. The van der Waals surface area contributed by atoms with Gasteiger partial charge in [-0.05, 0) is 20.3 Å². The Kier molecular flexibility index (Phi) is 9.09. The molecule has 0 aliphatic rings. The van der Waals surface area contributed by atoms with Gasteiger partial charge in [-0.3, -0.25) is 14.4 Å². The Morgan fingerprint density at radius 2 is 1.68 bits per heavy atom. The molecule has 4 nitrogen and oxygen atoms in total. The number of unbranched alkanes of at least 4 members (excludes halogenated alkanes) is 2. The van der Waals surface area contributed by atoms with Crippen LogP contribution in [0.1, 0.15) is 59.8 Å². The average Bonchev–Trinajstić information content (AvgIpc) is 2.37. The molecule has 0 aromatic carbocycles. The molecule has 0 saturated heterocycles. The SMILES string of the molecule is CCCCCC(=O)C[C@H](C)C(=O)[C@H](C)C(=O)OCC. The van der Waals surface area contributed by atoms with E-state index >= 15 is 0 Å². The first kappa shape index (κ1) is 17.8. The molecule has 2 atom stereocenters. The fourth-order valence-electron chi connectivity index (χ4n) is 1.93. The molecule has 0 spiro atoms. The van der Waals surface area contributed by atoms with Crippen LogP contribution in [0, 0.1) is 11.8 Å². The van der Waals surface area contributed by atoms with Crippen LogP contribution in [0.3, 0.4) is 0 Å². The third-order valence-electron chi connectivity index (χ3n) is 3.15. The van der Waals surface area contributed by atoms with Gasteiger partial charge >= 0.3 is 5.97 Å². The van der Waals surface area contributed by atoms with E-state index in [1.54, 1.807) is 20.8 Å². The molecule has 0 rings (SSSR count). The first-order valence-corrected chi connectivity index (χ1v) is 7.16. The zero-order chi connectivity index (χ0) is 14.8. The lowest BCUT2D eigenvalue weighted by Gasteiger charge is -2.14. The van der Waals surface area contributed by atoms with E-state index in [2.05, 4.69) is 6.92 Å². The second kappa shape index (κ2) is 9.70. The predicted molar refractivity (Wildman–Crippen MR) is 73.7 cm³/mol. The van der Waals surface area contributed by atoms with E-state index in [1.807, 2.05) is 0 Å². The summed E-state index contributed by atoms with van der Waals surface area (Å²) >= 11 is 0. The monoisotopic (exact) mass is 270 g/mol. The van der Waals surface area contributed by atoms with Crippen molar-refractivity contribution in [2.75, 3.05) is 6.61 Å². The quantitative estimate of drug-likeness (QED) is 0.348. The second-order valence-corrected chi connectivity index (χ2v) is 4.98. The molecule has 0 aliphatic heterocycles. The van der Waals surface area contributed by atoms with Crippen molar-refractivity contribution in [3.05, 3.63) is 0 Å². The fourth-order valence-corrected chi connectivity index (χ4v) is 1.93. The summed E-state index contributed by atoms with van der Waals surface area (Å²) in [4.78, 5) is 35.1. The van der Waals surface area contributed by atoms with Crippen LogP contribution in [0.15, 0.2) is 0 Å². The van der Waals surface area contributed by atoms with Crippen LogP contribution in [-0.4, -0.2) is 24.1 Å². The van der Waals surface area contributed by atoms with Gasteiger partial charge in [0.15, 0.2) is 0 Å². The van der Waals surface area contributed by atoms with Gasteiger partial charge in [-0.1, -0.05) is 26.7 Å². The van der Waals surface area contributed by atoms with E-state index in [-0.39, 0.29) is 24.6 Å². The van der Waals surface area contributed by atoms with Gasteiger partial charge in [-0.25, -0.2) is 0 Å². The van der Waals surface area contributed by atoms with Crippen LogP contribution in [0.25, 0.3) is 0 Å². The van der Waals surface area contributed by atoms with Crippen molar-refractivity contribution in [2.24, 2.45) is 11.8 Å². The van der Waals surface area contributed by atoms with Crippen molar-refractivity contribution >= 4 is 17.5 Å². The molecule has 0 fully saturated rings.